The van der Waals surface area contributed by atoms with E-state index in [9.17, 15) is 0 Å². The summed E-state index contributed by atoms with van der Waals surface area (Å²) in [5.41, 5.74) is 9.52. The second kappa shape index (κ2) is 10.5. The summed E-state index contributed by atoms with van der Waals surface area (Å²) in [5.74, 6) is 0.743. The molecule has 210 valence electrons. The summed E-state index contributed by atoms with van der Waals surface area (Å²) in [7, 11) is 0. The van der Waals surface area contributed by atoms with Gasteiger partial charge in [0.15, 0.2) is 5.82 Å². The number of rotatable bonds is 4. The second-order valence-electron chi connectivity index (χ2n) is 11.2. The van der Waals surface area contributed by atoms with Crippen molar-refractivity contribution >= 4 is 53.3 Å². The molecule has 0 aliphatic carbocycles. The summed E-state index contributed by atoms with van der Waals surface area (Å²) in [4.78, 5) is 15.4. The van der Waals surface area contributed by atoms with Crippen LogP contribution >= 0.6 is 11.3 Å². The molecule has 9 rings (SSSR count). The largest absolute Gasteiger partial charge is 0.247 e. The number of nitrogens with zero attached hydrogens (tertiary/aromatic N) is 3. The van der Waals surface area contributed by atoms with Gasteiger partial charge in [-0.2, -0.15) is 0 Å². The van der Waals surface area contributed by atoms with E-state index < -0.39 is 0 Å². The Bertz CT molecular complexity index is 2520. The van der Waals surface area contributed by atoms with Crippen molar-refractivity contribution < 1.29 is 0 Å². The molecule has 4 heteroatoms. The van der Waals surface area contributed by atoms with Crippen molar-refractivity contribution in [1.29, 1.82) is 0 Å². The molecule has 6 aromatic carbocycles. The Labute approximate surface area is 264 Å². The second-order valence-corrected chi connectivity index (χ2v) is 12.2. The van der Waals surface area contributed by atoms with Crippen LogP contribution in [-0.2, 0) is 0 Å². The molecule has 0 N–H and O–H groups in total. The first kappa shape index (κ1) is 25.8. The zero-order valence-corrected chi connectivity index (χ0v) is 25.0. The summed E-state index contributed by atoms with van der Waals surface area (Å²) in [5, 5.41) is 4.69. The van der Waals surface area contributed by atoms with Gasteiger partial charge in [-0.1, -0.05) is 140 Å². The minimum atomic E-state index is 0.743. The van der Waals surface area contributed by atoms with E-state index in [1.807, 2.05) is 24.3 Å². The predicted molar refractivity (Wildman–Crippen MR) is 189 cm³/mol. The summed E-state index contributed by atoms with van der Waals surface area (Å²) in [6.45, 7) is 0. The summed E-state index contributed by atoms with van der Waals surface area (Å²) in [6, 6.07) is 53.1. The molecule has 0 bridgehead atoms. The van der Waals surface area contributed by atoms with Crippen LogP contribution in [0.3, 0.4) is 0 Å². The minimum Gasteiger partial charge on any atom is -0.247 e. The van der Waals surface area contributed by atoms with Crippen LogP contribution in [-0.4, -0.2) is 15.0 Å². The summed E-state index contributed by atoms with van der Waals surface area (Å²) < 4.78 is 2.33. The number of benzene rings is 6. The summed E-state index contributed by atoms with van der Waals surface area (Å²) >= 11 is 1.76. The van der Waals surface area contributed by atoms with E-state index >= 15 is 0 Å². The quantitative estimate of drug-likeness (QED) is 0.191. The Balaban J connectivity index is 1.24. The normalized spacial score (nSPS) is 11.6. The molecule has 0 fully saturated rings. The van der Waals surface area contributed by atoms with Gasteiger partial charge in [-0.05, 0) is 23.3 Å². The van der Waals surface area contributed by atoms with Crippen LogP contribution in [0.15, 0.2) is 152 Å². The lowest BCUT2D eigenvalue weighted by Gasteiger charge is -2.14. The zero-order valence-electron chi connectivity index (χ0n) is 24.2. The third-order valence-electron chi connectivity index (χ3n) is 8.49. The van der Waals surface area contributed by atoms with Crippen molar-refractivity contribution in [2.75, 3.05) is 0 Å². The number of pyridine rings is 1. The van der Waals surface area contributed by atoms with Crippen molar-refractivity contribution in [3.63, 3.8) is 0 Å². The molecule has 3 heterocycles. The van der Waals surface area contributed by atoms with Gasteiger partial charge >= 0.3 is 0 Å². The number of hydrogen-bond acceptors (Lipinski definition) is 4. The van der Waals surface area contributed by atoms with E-state index in [0.29, 0.717) is 0 Å². The Morgan fingerprint density at radius 2 is 1.02 bits per heavy atom. The van der Waals surface area contributed by atoms with E-state index in [1.165, 1.54) is 21.0 Å². The molecule has 3 aromatic heterocycles. The number of fused-ring (bicyclic) bond motifs is 6. The lowest BCUT2D eigenvalue weighted by Crippen LogP contribution is -1.94. The Kier molecular flexibility index (Phi) is 6.00. The van der Waals surface area contributed by atoms with E-state index in [2.05, 4.69) is 127 Å². The Hall–Kier alpha value is -5.71. The number of thiophene rings is 1. The maximum absolute atomic E-state index is 5.17. The highest BCUT2D eigenvalue weighted by Crippen LogP contribution is 2.41. The van der Waals surface area contributed by atoms with Crippen molar-refractivity contribution in [2.24, 2.45) is 0 Å². The zero-order chi connectivity index (χ0) is 29.7. The fraction of sp³-hybridized carbons (Fsp3) is 0. The highest BCUT2D eigenvalue weighted by molar-refractivity contribution is 7.26. The van der Waals surface area contributed by atoms with Crippen molar-refractivity contribution in [3.8, 4) is 45.0 Å². The fourth-order valence-corrected chi connectivity index (χ4v) is 7.52. The SMILES string of the molecule is c1ccc(-c2nc(-c3ccc(-c4cccc5c(-c6ccccc6)nc6ccccc6c45)cc3)c3sc4ccccc4c3n2)cc1. The van der Waals surface area contributed by atoms with Crippen LogP contribution in [0.5, 0.6) is 0 Å². The maximum Gasteiger partial charge on any atom is 0.160 e. The molecule has 0 radical (unpaired) electrons. The Morgan fingerprint density at radius 3 is 1.82 bits per heavy atom. The third-order valence-corrected chi connectivity index (χ3v) is 9.66. The van der Waals surface area contributed by atoms with Crippen LogP contribution in [0, 0.1) is 0 Å². The predicted octanol–water partition coefficient (Wildman–Crippen LogP) is 11.2. The van der Waals surface area contributed by atoms with Crippen LogP contribution in [0.2, 0.25) is 0 Å². The van der Waals surface area contributed by atoms with Crippen LogP contribution < -0.4 is 0 Å². The fourth-order valence-electron chi connectivity index (χ4n) is 6.37. The van der Waals surface area contributed by atoms with Crippen LogP contribution in [0.1, 0.15) is 0 Å². The van der Waals surface area contributed by atoms with Gasteiger partial charge in [0.1, 0.15) is 0 Å². The molecule has 0 aliphatic rings. The molecular weight excluding hydrogens is 567 g/mol. The molecule has 45 heavy (non-hydrogen) atoms. The highest BCUT2D eigenvalue weighted by Gasteiger charge is 2.18. The Morgan fingerprint density at radius 1 is 0.400 bits per heavy atom. The molecule has 9 aromatic rings. The molecule has 0 amide bonds. The standard InChI is InChI=1S/C41H25N3S/c1-3-12-27(13-4-1)37-33-19-11-18-30(36(33)31-16-7-9-20-34(31)42-37)26-22-24-28(25-23-26)38-40-39(32-17-8-10-21-35(32)45-40)44-41(43-38)29-14-5-2-6-15-29/h1-25H. The number of aromatic nitrogens is 3. The molecule has 0 spiro atoms. The minimum absolute atomic E-state index is 0.743. The highest BCUT2D eigenvalue weighted by atomic mass is 32.1. The average Bonchev–Trinajstić information content (AvgIpc) is 3.50. The van der Waals surface area contributed by atoms with Crippen molar-refractivity contribution in [2.45, 2.75) is 0 Å². The summed E-state index contributed by atoms with van der Waals surface area (Å²) in [6.07, 6.45) is 0. The molecule has 0 saturated heterocycles. The van der Waals surface area contributed by atoms with Gasteiger partial charge in [-0.15, -0.1) is 11.3 Å². The van der Waals surface area contributed by atoms with Gasteiger partial charge in [0.25, 0.3) is 0 Å². The van der Waals surface area contributed by atoms with E-state index in [0.717, 1.165) is 66.0 Å². The molecular formula is C41H25N3S. The van der Waals surface area contributed by atoms with E-state index in [-0.39, 0.29) is 0 Å². The smallest absolute Gasteiger partial charge is 0.160 e. The molecule has 0 aliphatic heterocycles. The lowest BCUT2D eigenvalue weighted by molar-refractivity contribution is 1.24. The van der Waals surface area contributed by atoms with Gasteiger partial charge in [-0.3, -0.25) is 0 Å². The van der Waals surface area contributed by atoms with Gasteiger partial charge in [0.05, 0.1) is 27.1 Å². The molecule has 3 nitrogen and oxygen atoms in total. The van der Waals surface area contributed by atoms with Crippen LogP contribution in [0.25, 0.3) is 87.0 Å². The number of hydrogen-bond donors (Lipinski definition) is 0. The molecule has 0 unspecified atom stereocenters. The van der Waals surface area contributed by atoms with E-state index in [4.69, 9.17) is 15.0 Å². The van der Waals surface area contributed by atoms with Gasteiger partial charge in [0.2, 0.25) is 0 Å². The number of para-hydroxylation sites is 1. The first-order valence-electron chi connectivity index (χ1n) is 15.0. The maximum atomic E-state index is 5.17. The van der Waals surface area contributed by atoms with Gasteiger partial charge in [0, 0.05) is 42.9 Å². The van der Waals surface area contributed by atoms with Crippen molar-refractivity contribution in [1.82, 2.24) is 15.0 Å². The first-order chi connectivity index (χ1) is 22.3. The van der Waals surface area contributed by atoms with Gasteiger partial charge in [-0.25, -0.2) is 15.0 Å². The third kappa shape index (κ3) is 4.30. The van der Waals surface area contributed by atoms with Gasteiger partial charge < -0.3 is 0 Å². The molecule has 0 saturated carbocycles. The van der Waals surface area contributed by atoms with E-state index in [1.54, 1.807) is 11.3 Å². The first-order valence-corrected chi connectivity index (χ1v) is 15.9. The average molecular weight is 592 g/mol. The topological polar surface area (TPSA) is 38.7 Å². The van der Waals surface area contributed by atoms with Crippen molar-refractivity contribution in [3.05, 3.63) is 152 Å². The molecule has 0 atom stereocenters. The van der Waals surface area contributed by atoms with Crippen LogP contribution in [0.4, 0.5) is 0 Å². The monoisotopic (exact) mass is 591 g/mol. The lowest BCUT2D eigenvalue weighted by atomic mass is 9.92.